The summed E-state index contributed by atoms with van der Waals surface area (Å²) in [5, 5.41) is 3.47. The van der Waals surface area contributed by atoms with E-state index in [1.807, 2.05) is 37.4 Å². The monoisotopic (exact) mass is 500 g/mol. The maximum atomic E-state index is 5.80. The molecule has 5 nitrogen and oxygen atoms in total. The van der Waals surface area contributed by atoms with Gasteiger partial charge in [-0.3, -0.25) is 9.98 Å². The van der Waals surface area contributed by atoms with Gasteiger partial charge in [-0.2, -0.15) is 0 Å². The lowest BCUT2D eigenvalue weighted by Crippen LogP contribution is -2.40. The van der Waals surface area contributed by atoms with Crippen LogP contribution in [0.25, 0.3) is 0 Å². The number of guanidine groups is 1. The van der Waals surface area contributed by atoms with Gasteiger partial charge in [0.25, 0.3) is 0 Å². The fourth-order valence-corrected chi connectivity index (χ4v) is 3.38. The van der Waals surface area contributed by atoms with E-state index in [2.05, 4.69) is 56.6 Å². The van der Waals surface area contributed by atoms with E-state index >= 15 is 0 Å². The summed E-state index contributed by atoms with van der Waals surface area (Å²) in [6, 6.07) is 22.5. The van der Waals surface area contributed by atoms with E-state index in [-0.39, 0.29) is 24.0 Å². The molecule has 3 aromatic rings. The summed E-state index contributed by atoms with van der Waals surface area (Å²) in [5.74, 6) is 1.74. The van der Waals surface area contributed by atoms with Crippen LogP contribution in [0.2, 0.25) is 0 Å². The lowest BCUT2D eigenvalue weighted by Gasteiger charge is -2.22. The molecule has 0 unspecified atom stereocenters. The van der Waals surface area contributed by atoms with Crippen molar-refractivity contribution in [2.45, 2.75) is 19.6 Å². The molecule has 2 heterocycles. The highest BCUT2D eigenvalue weighted by atomic mass is 127. The van der Waals surface area contributed by atoms with Crippen LogP contribution >= 0.6 is 24.0 Å². The number of hydrogen-bond acceptors (Lipinski definition) is 3. The summed E-state index contributed by atoms with van der Waals surface area (Å²) in [7, 11) is 1.83. The Kier molecular flexibility index (Phi) is 7.46. The zero-order chi connectivity index (χ0) is 19.2. The molecule has 6 heteroatoms. The third kappa shape index (κ3) is 5.26. The van der Waals surface area contributed by atoms with Crippen molar-refractivity contribution in [1.82, 2.24) is 10.3 Å². The normalized spacial score (nSPS) is 12.9. The first kappa shape index (κ1) is 21.1. The Morgan fingerprint density at radius 1 is 1.07 bits per heavy atom. The molecule has 0 aliphatic carbocycles. The molecule has 29 heavy (non-hydrogen) atoms. The summed E-state index contributed by atoms with van der Waals surface area (Å²) < 4.78 is 5.80. The Labute approximate surface area is 188 Å². The Balaban J connectivity index is 0.00000240. The van der Waals surface area contributed by atoms with Gasteiger partial charge in [0.05, 0.1) is 5.69 Å². The minimum atomic E-state index is 0. The number of nitrogens with one attached hydrogen (secondary N) is 1. The molecule has 1 aliphatic rings. The molecule has 0 spiro atoms. The number of halogens is 1. The molecule has 0 atom stereocenters. The van der Waals surface area contributed by atoms with E-state index in [1.165, 1.54) is 16.8 Å². The van der Waals surface area contributed by atoms with Crippen LogP contribution in [0.4, 0.5) is 5.69 Å². The zero-order valence-corrected chi connectivity index (χ0v) is 18.7. The first-order chi connectivity index (χ1) is 13.8. The second kappa shape index (κ2) is 10.2. The second-order valence-corrected chi connectivity index (χ2v) is 6.68. The molecule has 0 fully saturated rings. The highest BCUT2D eigenvalue weighted by molar-refractivity contribution is 14.0. The topological polar surface area (TPSA) is 49.8 Å². The molecule has 1 N–H and O–H groups in total. The molecule has 1 aliphatic heterocycles. The van der Waals surface area contributed by atoms with E-state index in [0.29, 0.717) is 13.2 Å². The molecule has 0 saturated heterocycles. The van der Waals surface area contributed by atoms with Gasteiger partial charge in [-0.15, -0.1) is 24.0 Å². The number of para-hydroxylation sites is 1. The average Bonchev–Trinajstić information content (AvgIpc) is 3.18. The minimum absolute atomic E-state index is 0. The molecular weight excluding hydrogens is 475 g/mol. The van der Waals surface area contributed by atoms with Crippen molar-refractivity contribution in [3.8, 4) is 5.75 Å². The molecular formula is C23H25IN4O. The fraction of sp³-hybridized carbons (Fsp3) is 0.217. The fourth-order valence-electron chi connectivity index (χ4n) is 3.38. The van der Waals surface area contributed by atoms with Crippen LogP contribution in [-0.4, -0.2) is 24.5 Å². The predicted molar refractivity (Wildman–Crippen MR) is 128 cm³/mol. The summed E-state index contributed by atoms with van der Waals surface area (Å²) in [4.78, 5) is 11.0. The molecule has 0 amide bonds. The first-order valence-corrected chi connectivity index (χ1v) is 9.51. The van der Waals surface area contributed by atoms with Gasteiger partial charge in [-0.25, -0.2) is 0 Å². The van der Waals surface area contributed by atoms with Crippen molar-refractivity contribution in [2.75, 3.05) is 18.5 Å². The number of ether oxygens (including phenoxy) is 1. The molecule has 2 aromatic carbocycles. The van der Waals surface area contributed by atoms with Gasteiger partial charge in [0.15, 0.2) is 5.96 Å². The highest BCUT2D eigenvalue weighted by Crippen LogP contribution is 2.27. The highest BCUT2D eigenvalue weighted by Gasteiger charge is 2.22. The number of aliphatic imine (C=N–C) groups is 1. The number of fused-ring (bicyclic) bond motifs is 1. The quantitative estimate of drug-likeness (QED) is 0.320. The van der Waals surface area contributed by atoms with Gasteiger partial charge in [0, 0.05) is 32.0 Å². The van der Waals surface area contributed by atoms with Gasteiger partial charge in [0.1, 0.15) is 12.4 Å². The van der Waals surface area contributed by atoms with Crippen LogP contribution in [0.15, 0.2) is 77.9 Å². The largest absolute Gasteiger partial charge is 0.487 e. The van der Waals surface area contributed by atoms with E-state index in [4.69, 9.17) is 4.74 Å². The summed E-state index contributed by atoms with van der Waals surface area (Å²) in [5.41, 5.74) is 4.72. The third-order valence-electron chi connectivity index (χ3n) is 4.84. The van der Waals surface area contributed by atoms with Gasteiger partial charge in [-0.1, -0.05) is 36.4 Å². The van der Waals surface area contributed by atoms with Gasteiger partial charge < -0.3 is 15.0 Å². The van der Waals surface area contributed by atoms with E-state index in [0.717, 1.165) is 30.4 Å². The number of hydrogen-bond donors (Lipinski definition) is 1. The van der Waals surface area contributed by atoms with Gasteiger partial charge in [0.2, 0.25) is 0 Å². The van der Waals surface area contributed by atoms with Crippen LogP contribution < -0.4 is 15.0 Å². The summed E-state index contributed by atoms with van der Waals surface area (Å²) in [6.45, 7) is 2.14. The summed E-state index contributed by atoms with van der Waals surface area (Å²) >= 11 is 0. The maximum Gasteiger partial charge on any atom is 0.198 e. The second-order valence-electron chi connectivity index (χ2n) is 6.68. The van der Waals surface area contributed by atoms with E-state index in [9.17, 15) is 0 Å². The molecule has 1 aromatic heterocycles. The minimum Gasteiger partial charge on any atom is -0.487 e. The predicted octanol–water partition coefficient (Wildman–Crippen LogP) is 4.42. The van der Waals surface area contributed by atoms with Crippen molar-refractivity contribution >= 4 is 35.6 Å². The number of pyridine rings is 1. The lowest BCUT2D eigenvalue weighted by atomic mass is 10.2. The number of benzene rings is 2. The van der Waals surface area contributed by atoms with Gasteiger partial charge in [-0.05, 0) is 47.9 Å². The Bertz CT molecular complexity index is 945. The Morgan fingerprint density at radius 3 is 2.62 bits per heavy atom. The smallest absolute Gasteiger partial charge is 0.198 e. The molecule has 4 rings (SSSR count). The van der Waals surface area contributed by atoms with Gasteiger partial charge >= 0.3 is 0 Å². The first-order valence-electron chi connectivity index (χ1n) is 9.51. The number of aromatic nitrogens is 1. The SMILES string of the molecule is CN=C(NCc1ccc(OCc2ccccn2)cc1)N1CCc2ccccc21.I. The lowest BCUT2D eigenvalue weighted by molar-refractivity contribution is 0.301. The van der Waals surface area contributed by atoms with Crippen molar-refractivity contribution in [1.29, 1.82) is 0 Å². The number of rotatable bonds is 5. The van der Waals surface area contributed by atoms with Crippen LogP contribution in [-0.2, 0) is 19.6 Å². The van der Waals surface area contributed by atoms with Crippen molar-refractivity contribution in [2.24, 2.45) is 4.99 Å². The van der Waals surface area contributed by atoms with Crippen molar-refractivity contribution in [3.63, 3.8) is 0 Å². The zero-order valence-electron chi connectivity index (χ0n) is 16.4. The average molecular weight is 500 g/mol. The van der Waals surface area contributed by atoms with Crippen LogP contribution in [0.1, 0.15) is 16.8 Å². The molecule has 150 valence electrons. The molecule has 0 radical (unpaired) electrons. The molecule has 0 saturated carbocycles. The van der Waals surface area contributed by atoms with Crippen LogP contribution in [0.3, 0.4) is 0 Å². The number of nitrogens with zero attached hydrogens (tertiary/aromatic N) is 3. The Morgan fingerprint density at radius 2 is 1.86 bits per heavy atom. The maximum absolute atomic E-state index is 5.80. The third-order valence-corrected chi connectivity index (χ3v) is 4.84. The van der Waals surface area contributed by atoms with E-state index < -0.39 is 0 Å². The van der Waals surface area contributed by atoms with Crippen LogP contribution in [0, 0.1) is 0 Å². The van der Waals surface area contributed by atoms with Crippen molar-refractivity contribution in [3.05, 3.63) is 89.7 Å². The van der Waals surface area contributed by atoms with Crippen LogP contribution in [0.5, 0.6) is 5.75 Å². The van der Waals surface area contributed by atoms with E-state index in [1.54, 1.807) is 6.20 Å². The van der Waals surface area contributed by atoms with Crippen molar-refractivity contribution < 1.29 is 4.74 Å². The summed E-state index contributed by atoms with van der Waals surface area (Å²) in [6.07, 6.45) is 2.83. The standard InChI is InChI=1S/C23H24N4O.HI/c1-24-23(27-15-13-19-6-2-3-8-22(19)27)26-16-18-9-11-21(12-10-18)28-17-20-7-4-5-14-25-20;/h2-12,14H,13,15-17H2,1H3,(H,24,26);1H. The Hall–Kier alpha value is -2.61. The number of anilines is 1. The molecule has 0 bridgehead atoms.